The standard InChI is InChI=1S/C45H85O10P/c1-3-5-7-9-11-13-15-17-19-21-23-24-26-28-30-32-34-36-44(48)52-40-43(41-54-56(50,51)53-39-42(47)38-46)55-45(49)37-35-33-31-29-27-25-22-20-18-16-14-12-10-8-6-4-2/h14,16,20,22,42-43,46-47H,3-13,15,17-19,21,23-41H2,1-2H3,(H,50,51)/b16-14-,22-20-. The lowest BCUT2D eigenvalue weighted by Crippen LogP contribution is -2.29. The van der Waals surface area contributed by atoms with Gasteiger partial charge < -0.3 is 24.6 Å². The minimum absolute atomic E-state index is 0.171. The number of phosphoric acid groups is 1. The molecule has 3 unspecified atom stereocenters. The maximum Gasteiger partial charge on any atom is 0.472 e. The maximum absolute atomic E-state index is 12.6. The Labute approximate surface area is 342 Å². The molecule has 0 amide bonds. The second kappa shape index (κ2) is 41.6. The van der Waals surface area contributed by atoms with Crippen molar-refractivity contribution in [1.82, 2.24) is 0 Å². The zero-order chi connectivity index (χ0) is 41.2. The summed E-state index contributed by atoms with van der Waals surface area (Å²) < 4.78 is 32.7. The Bertz CT molecular complexity index is 988. The first kappa shape index (κ1) is 54.5. The number of carbonyl (C=O) groups is 2. The highest BCUT2D eigenvalue weighted by molar-refractivity contribution is 7.47. The number of hydrogen-bond donors (Lipinski definition) is 3. The van der Waals surface area contributed by atoms with Crippen molar-refractivity contribution in [3.8, 4) is 0 Å². The number of hydrogen-bond acceptors (Lipinski definition) is 9. The van der Waals surface area contributed by atoms with Crippen molar-refractivity contribution < 1.29 is 47.8 Å². The summed E-state index contributed by atoms with van der Waals surface area (Å²) in [6, 6.07) is 0. The van der Waals surface area contributed by atoms with Crippen LogP contribution in [0.5, 0.6) is 0 Å². The molecule has 0 spiro atoms. The van der Waals surface area contributed by atoms with Crippen molar-refractivity contribution in [3.63, 3.8) is 0 Å². The summed E-state index contributed by atoms with van der Waals surface area (Å²) in [6.45, 7) is 2.37. The molecule has 0 aromatic rings. The van der Waals surface area contributed by atoms with Crippen LogP contribution in [0, 0.1) is 0 Å². The summed E-state index contributed by atoms with van der Waals surface area (Å²) >= 11 is 0. The summed E-state index contributed by atoms with van der Waals surface area (Å²) in [5.74, 6) is -0.931. The van der Waals surface area contributed by atoms with Crippen molar-refractivity contribution in [2.45, 2.75) is 225 Å². The molecule has 0 radical (unpaired) electrons. The van der Waals surface area contributed by atoms with Gasteiger partial charge in [0, 0.05) is 12.8 Å². The Morgan fingerprint density at radius 3 is 1.39 bits per heavy atom. The van der Waals surface area contributed by atoms with Gasteiger partial charge in [-0.05, 0) is 44.9 Å². The van der Waals surface area contributed by atoms with E-state index in [-0.39, 0.29) is 19.4 Å². The van der Waals surface area contributed by atoms with Crippen molar-refractivity contribution in [2.75, 3.05) is 26.4 Å². The van der Waals surface area contributed by atoms with E-state index in [1.54, 1.807) is 0 Å². The van der Waals surface area contributed by atoms with Crippen LogP contribution in [0.3, 0.4) is 0 Å². The second-order valence-corrected chi connectivity index (χ2v) is 16.9. The SMILES string of the molecule is CCCCCC/C=C\C/C=C\CCCCCCCC(=O)OC(COC(=O)CCCCCCCCCCCCCCCCCCC)COP(=O)(O)OCC(O)CO. The van der Waals surface area contributed by atoms with E-state index >= 15 is 0 Å². The molecule has 0 aliphatic carbocycles. The quantitative estimate of drug-likeness (QED) is 0.0235. The van der Waals surface area contributed by atoms with Crippen LogP contribution >= 0.6 is 7.82 Å². The molecule has 330 valence electrons. The van der Waals surface area contributed by atoms with Crippen LogP contribution in [-0.2, 0) is 32.7 Å². The lowest BCUT2D eigenvalue weighted by atomic mass is 10.0. The average molecular weight is 817 g/mol. The molecule has 0 saturated heterocycles. The molecule has 0 aliphatic rings. The molecule has 0 saturated carbocycles. The predicted octanol–water partition coefficient (Wildman–Crippen LogP) is 12.2. The largest absolute Gasteiger partial charge is 0.472 e. The van der Waals surface area contributed by atoms with Gasteiger partial charge in [-0.15, -0.1) is 0 Å². The molecule has 11 heteroatoms. The summed E-state index contributed by atoms with van der Waals surface area (Å²) in [7, 11) is -4.62. The molecule has 0 aromatic carbocycles. The van der Waals surface area contributed by atoms with Crippen molar-refractivity contribution in [2.24, 2.45) is 0 Å². The van der Waals surface area contributed by atoms with Gasteiger partial charge in [0.25, 0.3) is 0 Å². The molecular weight excluding hydrogens is 731 g/mol. The number of rotatable bonds is 43. The van der Waals surface area contributed by atoms with E-state index in [9.17, 15) is 24.2 Å². The molecule has 0 heterocycles. The topological polar surface area (TPSA) is 149 Å². The number of esters is 2. The van der Waals surface area contributed by atoms with E-state index in [2.05, 4.69) is 38.2 Å². The van der Waals surface area contributed by atoms with Crippen LogP contribution in [0.4, 0.5) is 0 Å². The van der Waals surface area contributed by atoms with E-state index in [4.69, 9.17) is 23.6 Å². The number of ether oxygens (including phenoxy) is 2. The van der Waals surface area contributed by atoms with Gasteiger partial charge >= 0.3 is 19.8 Å². The predicted molar refractivity (Wildman–Crippen MR) is 228 cm³/mol. The lowest BCUT2D eigenvalue weighted by molar-refractivity contribution is -0.161. The molecule has 0 aliphatic heterocycles. The van der Waals surface area contributed by atoms with Crippen molar-refractivity contribution >= 4 is 19.8 Å². The third-order valence-corrected chi connectivity index (χ3v) is 10.8. The first-order valence-corrected chi connectivity index (χ1v) is 24.3. The van der Waals surface area contributed by atoms with E-state index in [0.29, 0.717) is 12.8 Å². The van der Waals surface area contributed by atoms with Crippen LogP contribution < -0.4 is 0 Å². The molecule has 0 fully saturated rings. The van der Waals surface area contributed by atoms with E-state index < -0.39 is 51.8 Å². The normalized spacial score (nSPS) is 14.0. The Morgan fingerprint density at radius 1 is 0.536 bits per heavy atom. The maximum atomic E-state index is 12.6. The fraction of sp³-hybridized carbons (Fsp3) is 0.867. The van der Waals surface area contributed by atoms with Crippen LogP contribution in [0.15, 0.2) is 24.3 Å². The van der Waals surface area contributed by atoms with Gasteiger partial charge in [0.15, 0.2) is 6.10 Å². The minimum Gasteiger partial charge on any atom is -0.462 e. The van der Waals surface area contributed by atoms with Crippen LogP contribution in [0.2, 0.25) is 0 Å². The zero-order valence-electron chi connectivity index (χ0n) is 35.9. The fourth-order valence-electron chi connectivity index (χ4n) is 6.32. The first-order valence-electron chi connectivity index (χ1n) is 22.8. The van der Waals surface area contributed by atoms with E-state index in [1.165, 1.54) is 116 Å². The number of allylic oxidation sites excluding steroid dienone is 4. The third-order valence-electron chi connectivity index (χ3n) is 9.86. The number of phosphoric ester groups is 1. The molecular formula is C45H85O10P. The number of aliphatic hydroxyl groups is 2. The number of carbonyl (C=O) groups excluding carboxylic acids is 2. The fourth-order valence-corrected chi connectivity index (χ4v) is 7.11. The smallest absolute Gasteiger partial charge is 0.462 e. The number of unbranched alkanes of at least 4 members (excludes halogenated alkanes) is 25. The van der Waals surface area contributed by atoms with Crippen LogP contribution in [0.25, 0.3) is 0 Å². The first-order chi connectivity index (χ1) is 27.2. The second-order valence-electron chi connectivity index (χ2n) is 15.4. The Morgan fingerprint density at radius 2 is 0.929 bits per heavy atom. The lowest BCUT2D eigenvalue weighted by Gasteiger charge is -2.20. The van der Waals surface area contributed by atoms with Crippen molar-refractivity contribution in [1.29, 1.82) is 0 Å². The summed E-state index contributed by atoms with van der Waals surface area (Å²) in [5, 5.41) is 18.3. The molecule has 0 rings (SSSR count). The van der Waals surface area contributed by atoms with Gasteiger partial charge in [0.2, 0.25) is 0 Å². The Balaban J connectivity index is 4.26. The van der Waals surface area contributed by atoms with Crippen LogP contribution in [-0.4, -0.2) is 65.7 Å². The minimum atomic E-state index is -4.62. The van der Waals surface area contributed by atoms with Crippen molar-refractivity contribution in [3.05, 3.63) is 24.3 Å². The van der Waals surface area contributed by atoms with Gasteiger partial charge in [-0.1, -0.05) is 179 Å². The van der Waals surface area contributed by atoms with Gasteiger partial charge in [0.05, 0.1) is 19.8 Å². The average Bonchev–Trinajstić information content (AvgIpc) is 3.19. The summed E-state index contributed by atoms with van der Waals surface area (Å²) in [4.78, 5) is 35.0. The highest BCUT2D eigenvalue weighted by Gasteiger charge is 2.27. The zero-order valence-corrected chi connectivity index (χ0v) is 36.8. The molecule has 0 aromatic heterocycles. The van der Waals surface area contributed by atoms with E-state index in [1.807, 2.05) is 0 Å². The molecule has 3 N–H and O–H groups in total. The molecule has 56 heavy (non-hydrogen) atoms. The highest BCUT2D eigenvalue weighted by Crippen LogP contribution is 2.43. The van der Waals surface area contributed by atoms with Crippen LogP contribution in [0.1, 0.15) is 213 Å². The monoisotopic (exact) mass is 817 g/mol. The Kier molecular flexibility index (Phi) is 40.5. The number of aliphatic hydroxyl groups excluding tert-OH is 2. The van der Waals surface area contributed by atoms with Gasteiger partial charge in [0.1, 0.15) is 12.7 Å². The molecule has 0 bridgehead atoms. The Hall–Kier alpha value is -1.55. The molecule has 3 atom stereocenters. The third kappa shape index (κ3) is 40.6. The highest BCUT2D eigenvalue weighted by atomic mass is 31.2. The van der Waals surface area contributed by atoms with Gasteiger partial charge in [-0.2, -0.15) is 0 Å². The van der Waals surface area contributed by atoms with E-state index in [0.717, 1.165) is 57.8 Å². The van der Waals surface area contributed by atoms with Gasteiger partial charge in [-0.25, -0.2) is 4.57 Å². The summed E-state index contributed by atoms with van der Waals surface area (Å²) in [6.07, 6.45) is 41.4. The van der Waals surface area contributed by atoms with Gasteiger partial charge in [-0.3, -0.25) is 18.6 Å². The summed E-state index contributed by atoms with van der Waals surface area (Å²) in [5.41, 5.74) is 0. The molecule has 10 nitrogen and oxygen atoms in total.